The fraction of sp³-hybridized carbons (Fsp3) is 0.458. The molecule has 3 aromatic rings. The first kappa shape index (κ1) is 21.7. The van der Waals surface area contributed by atoms with Gasteiger partial charge in [0.25, 0.3) is 11.8 Å². The maximum atomic E-state index is 12.6. The highest BCUT2D eigenvalue weighted by Gasteiger charge is 2.17. The average molecular weight is 439 g/mol. The smallest absolute Gasteiger partial charge is 0.261 e. The largest absolute Gasteiger partial charge is 0.351 e. The summed E-state index contributed by atoms with van der Waals surface area (Å²) in [6.07, 6.45) is 6.22. The summed E-state index contributed by atoms with van der Waals surface area (Å²) in [5.41, 5.74) is 2.07. The lowest BCUT2D eigenvalue weighted by atomic mass is 10.1. The molecule has 0 bridgehead atoms. The van der Waals surface area contributed by atoms with Crippen LogP contribution in [0.1, 0.15) is 54.3 Å². The Morgan fingerprint density at radius 1 is 1.13 bits per heavy atom. The molecule has 31 heavy (non-hydrogen) atoms. The normalized spacial score (nSPS) is 16.1. The first-order valence-corrected chi connectivity index (χ1v) is 11.9. The molecule has 3 heterocycles. The lowest BCUT2D eigenvalue weighted by molar-refractivity contribution is 0.0952. The quantitative estimate of drug-likeness (QED) is 0.552. The molecule has 1 aromatic carbocycles. The molecule has 2 aromatic heterocycles. The van der Waals surface area contributed by atoms with Gasteiger partial charge in [-0.05, 0) is 70.5 Å². The third-order valence-electron chi connectivity index (χ3n) is 5.89. The second kappa shape index (κ2) is 10.2. The molecule has 1 atom stereocenters. The lowest BCUT2D eigenvalue weighted by Gasteiger charge is -2.27. The highest BCUT2D eigenvalue weighted by Crippen LogP contribution is 2.28. The maximum absolute atomic E-state index is 12.6. The Morgan fingerprint density at radius 2 is 1.87 bits per heavy atom. The Labute approximate surface area is 187 Å². The molecular weight excluding hydrogens is 408 g/mol. The van der Waals surface area contributed by atoms with E-state index in [2.05, 4.69) is 27.3 Å². The fourth-order valence-corrected chi connectivity index (χ4v) is 4.77. The molecule has 0 spiro atoms. The molecule has 7 heteroatoms. The van der Waals surface area contributed by atoms with E-state index >= 15 is 0 Å². The second-order valence-electron chi connectivity index (χ2n) is 8.30. The number of carbonyl (C=O) groups is 1. The van der Waals surface area contributed by atoms with Gasteiger partial charge in [0, 0.05) is 18.2 Å². The van der Waals surface area contributed by atoms with Crippen LogP contribution in [0.2, 0.25) is 0 Å². The number of amides is 1. The summed E-state index contributed by atoms with van der Waals surface area (Å²) in [5.74, 6) is 0.952. The van der Waals surface area contributed by atoms with Crippen molar-refractivity contribution in [2.45, 2.75) is 52.0 Å². The Hall–Kier alpha value is -2.51. The third-order valence-corrected chi connectivity index (χ3v) is 6.97. The van der Waals surface area contributed by atoms with Crippen LogP contribution < -0.4 is 5.32 Å². The molecule has 6 nitrogen and oxygen atoms in total. The number of carbonyl (C=O) groups excluding carboxylic acids is 1. The van der Waals surface area contributed by atoms with Gasteiger partial charge in [-0.3, -0.25) is 4.79 Å². The Kier molecular flexibility index (Phi) is 7.14. The van der Waals surface area contributed by atoms with Crippen LogP contribution in [0.5, 0.6) is 0 Å². The van der Waals surface area contributed by atoms with Crippen molar-refractivity contribution in [1.82, 2.24) is 20.4 Å². The molecule has 1 amide bonds. The highest BCUT2D eigenvalue weighted by molar-refractivity contribution is 7.17. The maximum Gasteiger partial charge on any atom is 0.261 e. The molecule has 0 unspecified atom stereocenters. The number of likely N-dealkylation sites (tertiary alicyclic amines) is 1. The summed E-state index contributed by atoms with van der Waals surface area (Å²) in [6, 6.07) is 12.2. The van der Waals surface area contributed by atoms with Gasteiger partial charge in [-0.25, -0.2) is 0 Å². The minimum atomic E-state index is -0.0402. The topological polar surface area (TPSA) is 71.3 Å². The number of rotatable bonds is 7. The van der Waals surface area contributed by atoms with Gasteiger partial charge in [0.05, 0.1) is 9.75 Å². The number of nitrogens with zero attached hydrogens (tertiary/aromatic N) is 3. The van der Waals surface area contributed by atoms with Gasteiger partial charge in [0.2, 0.25) is 5.82 Å². The number of hydrogen-bond donors (Lipinski definition) is 1. The Balaban J connectivity index is 1.31. The van der Waals surface area contributed by atoms with E-state index in [-0.39, 0.29) is 5.91 Å². The zero-order valence-electron chi connectivity index (χ0n) is 18.3. The van der Waals surface area contributed by atoms with Crippen molar-refractivity contribution in [3.05, 3.63) is 46.8 Å². The minimum absolute atomic E-state index is 0.0402. The fourth-order valence-electron chi connectivity index (χ4n) is 3.92. The summed E-state index contributed by atoms with van der Waals surface area (Å²) in [7, 11) is 0. The highest BCUT2D eigenvalue weighted by atomic mass is 32.1. The van der Waals surface area contributed by atoms with E-state index in [1.54, 1.807) is 0 Å². The molecule has 1 aliphatic rings. The van der Waals surface area contributed by atoms with Crippen molar-refractivity contribution < 1.29 is 9.32 Å². The zero-order valence-corrected chi connectivity index (χ0v) is 19.1. The van der Waals surface area contributed by atoms with Crippen LogP contribution in [-0.4, -0.2) is 46.6 Å². The predicted molar refractivity (Wildman–Crippen MR) is 124 cm³/mol. The molecule has 0 radical (unpaired) electrons. The molecule has 4 rings (SSSR count). The molecule has 0 saturated carbocycles. The molecule has 164 valence electrons. The van der Waals surface area contributed by atoms with E-state index in [1.165, 1.54) is 55.7 Å². The van der Waals surface area contributed by atoms with Crippen LogP contribution >= 0.6 is 11.3 Å². The SMILES string of the molecule is Cc1ccc(-c2nc(-c3ccc(C(=O)NCC[C@@H](C)N4CCCCCC4)s3)no2)cc1. The van der Waals surface area contributed by atoms with Crippen molar-refractivity contribution in [3.8, 4) is 22.2 Å². The van der Waals surface area contributed by atoms with Crippen LogP contribution in [0.4, 0.5) is 0 Å². The summed E-state index contributed by atoms with van der Waals surface area (Å²) in [5, 5.41) is 7.16. The summed E-state index contributed by atoms with van der Waals surface area (Å²) in [4.78, 5) is 21.1. The van der Waals surface area contributed by atoms with E-state index in [4.69, 9.17) is 4.52 Å². The van der Waals surface area contributed by atoms with Gasteiger partial charge in [-0.15, -0.1) is 11.3 Å². The molecule has 1 fully saturated rings. The number of hydrogen-bond acceptors (Lipinski definition) is 6. The second-order valence-corrected chi connectivity index (χ2v) is 9.38. The average Bonchev–Trinajstić information content (AvgIpc) is 3.38. The van der Waals surface area contributed by atoms with E-state index in [0.29, 0.717) is 29.2 Å². The number of thiophene rings is 1. The van der Waals surface area contributed by atoms with Crippen molar-refractivity contribution in [2.24, 2.45) is 0 Å². The molecular formula is C24H30N4O2S. The molecule has 0 aliphatic carbocycles. The van der Waals surface area contributed by atoms with Crippen molar-refractivity contribution >= 4 is 17.2 Å². The zero-order chi connectivity index (χ0) is 21.6. The molecule has 1 aliphatic heterocycles. The van der Waals surface area contributed by atoms with E-state index in [1.807, 2.05) is 43.3 Å². The Morgan fingerprint density at radius 3 is 2.61 bits per heavy atom. The van der Waals surface area contributed by atoms with Gasteiger partial charge in [-0.1, -0.05) is 35.7 Å². The number of nitrogens with one attached hydrogen (secondary N) is 1. The van der Waals surface area contributed by atoms with E-state index < -0.39 is 0 Å². The van der Waals surface area contributed by atoms with Crippen molar-refractivity contribution in [1.29, 1.82) is 0 Å². The molecule has 1 N–H and O–H groups in total. The summed E-state index contributed by atoms with van der Waals surface area (Å²) in [6.45, 7) is 7.35. The van der Waals surface area contributed by atoms with E-state index in [0.717, 1.165) is 16.9 Å². The minimum Gasteiger partial charge on any atom is -0.351 e. The van der Waals surface area contributed by atoms with Gasteiger partial charge in [0.15, 0.2) is 0 Å². The van der Waals surface area contributed by atoms with Crippen LogP contribution in [0.15, 0.2) is 40.9 Å². The van der Waals surface area contributed by atoms with Gasteiger partial charge in [-0.2, -0.15) is 4.98 Å². The molecule has 1 saturated heterocycles. The monoisotopic (exact) mass is 438 g/mol. The van der Waals surface area contributed by atoms with E-state index in [9.17, 15) is 4.79 Å². The first-order chi connectivity index (χ1) is 15.1. The van der Waals surface area contributed by atoms with Crippen molar-refractivity contribution in [2.75, 3.05) is 19.6 Å². The van der Waals surface area contributed by atoms with Crippen LogP contribution in [0.25, 0.3) is 22.2 Å². The van der Waals surface area contributed by atoms with Gasteiger partial charge >= 0.3 is 0 Å². The third kappa shape index (κ3) is 5.60. The summed E-state index contributed by atoms with van der Waals surface area (Å²) < 4.78 is 5.41. The standard InChI is InChI=1S/C24H30N4O2S/c1-17-7-9-19(10-8-17)24-26-22(27-30-24)20-11-12-21(31-20)23(29)25-14-13-18(2)28-15-5-3-4-6-16-28/h7-12,18H,3-6,13-16H2,1-2H3,(H,25,29)/t18-/m1/s1. The predicted octanol–water partition coefficient (Wildman–Crippen LogP) is 5.16. The number of aromatic nitrogens is 2. The number of benzene rings is 1. The van der Waals surface area contributed by atoms with Crippen LogP contribution in [0.3, 0.4) is 0 Å². The van der Waals surface area contributed by atoms with Crippen LogP contribution in [0, 0.1) is 6.92 Å². The van der Waals surface area contributed by atoms with Gasteiger partial charge < -0.3 is 14.7 Å². The lowest BCUT2D eigenvalue weighted by Crippen LogP contribution is -2.37. The first-order valence-electron chi connectivity index (χ1n) is 11.1. The van der Waals surface area contributed by atoms with Crippen molar-refractivity contribution in [3.63, 3.8) is 0 Å². The Bertz CT molecular complexity index is 987. The van der Waals surface area contributed by atoms with Gasteiger partial charge in [0.1, 0.15) is 0 Å². The number of aryl methyl sites for hydroxylation is 1. The van der Waals surface area contributed by atoms with Crippen LogP contribution in [-0.2, 0) is 0 Å². The summed E-state index contributed by atoms with van der Waals surface area (Å²) >= 11 is 1.39.